The van der Waals surface area contributed by atoms with Crippen molar-refractivity contribution in [3.63, 3.8) is 0 Å². The molecule has 0 unspecified atom stereocenters. The van der Waals surface area contributed by atoms with E-state index in [-0.39, 0.29) is 0 Å². The first-order valence-electron chi connectivity index (χ1n) is 8.34. The molecule has 2 aromatic carbocycles. The van der Waals surface area contributed by atoms with E-state index in [2.05, 4.69) is 40.9 Å². The maximum Gasteiger partial charge on any atom is 0.151 e. The Kier molecular flexibility index (Phi) is 3.62. The molecule has 0 aliphatic rings. The molecule has 0 fully saturated rings. The van der Waals surface area contributed by atoms with Crippen molar-refractivity contribution in [1.82, 2.24) is 14.1 Å². The summed E-state index contributed by atoms with van der Waals surface area (Å²) in [6.07, 6.45) is 4.04. The van der Waals surface area contributed by atoms with E-state index >= 15 is 0 Å². The van der Waals surface area contributed by atoms with Crippen LogP contribution < -0.4 is 0 Å². The summed E-state index contributed by atoms with van der Waals surface area (Å²) in [6.45, 7) is 3.01. The molecule has 2 heterocycles. The number of nitriles is 1. The molecular formula is C21H18N4. The molecule has 4 rings (SSSR count). The van der Waals surface area contributed by atoms with Gasteiger partial charge in [0.15, 0.2) is 5.82 Å². The van der Waals surface area contributed by atoms with E-state index in [1.807, 2.05) is 54.1 Å². The minimum Gasteiger partial charge on any atom is -0.347 e. The molecule has 0 aliphatic heterocycles. The van der Waals surface area contributed by atoms with Gasteiger partial charge in [0, 0.05) is 36.3 Å². The lowest BCUT2D eigenvalue weighted by atomic mass is 10.1. The van der Waals surface area contributed by atoms with Gasteiger partial charge in [-0.15, -0.1) is 0 Å². The van der Waals surface area contributed by atoms with E-state index in [1.54, 1.807) is 0 Å². The molecule has 2 aromatic heterocycles. The highest BCUT2D eigenvalue weighted by atomic mass is 15.1. The zero-order chi connectivity index (χ0) is 17.4. The van der Waals surface area contributed by atoms with Crippen LogP contribution in [-0.2, 0) is 13.6 Å². The van der Waals surface area contributed by atoms with Crippen LogP contribution in [0.2, 0.25) is 0 Å². The molecule has 0 radical (unpaired) electrons. The summed E-state index contributed by atoms with van der Waals surface area (Å²) in [6, 6.07) is 18.5. The average Bonchev–Trinajstić information content (AvgIpc) is 3.18. The van der Waals surface area contributed by atoms with Crippen LogP contribution >= 0.6 is 0 Å². The number of nitrogens with zero attached hydrogens (tertiary/aromatic N) is 4. The summed E-state index contributed by atoms with van der Waals surface area (Å²) >= 11 is 0. The van der Waals surface area contributed by atoms with Crippen LogP contribution in [0, 0.1) is 11.3 Å². The van der Waals surface area contributed by atoms with Crippen molar-refractivity contribution in [2.75, 3.05) is 0 Å². The number of aromatic nitrogens is 3. The van der Waals surface area contributed by atoms with Crippen LogP contribution in [0.3, 0.4) is 0 Å². The van der Waals surface area contributed by atoms with Gasteiger partial charge in [0.25, 0.3) is 0 Å². The fourth-order valence-corrected chi connectivity index (χ4v) is 3.34. The maximum absolute atomic E-state index is 9.75. The van der Waals surface area contributed by atoms with Crippen LogP contribution in [0.4, 0.5) is 0 Å². The predicted octanol–water partition coefficient (Wildman–Crippen LogP) is 4.61. The highest BCUT2D eigenvalue weighted by Gasteiger charge is 2.13. The summed E-state index contributed by atoms with van der Waals surface area (Å²) in [5, 5.41) is 10.9. The lowest BCUT2D eigenvalue weighted by molar-refractivity contribution is 0.797. The number of hydrogen-bond acceptors (Lipinski definition) is 2. The summed E-state index contributed by atoms with van der Waals surface area (Å²) in [7, 11) is 1.95. The van der Waals surface area contributed by atoms with Crippen molar-refractivity contribution in [3.05, 3.63) is 66.1 Å². The third kappa shape index (κ3) is 2.41. The summed E-state index contributed by atoms with van der Waals surface area (Å²) in [5.41, 5.74) is 4.71. The van der Waals surface area contributed by atoms with E-state index in [0.717, 1.165) is 28.5 Å². The lowest BCUT2D eigenvalue weighted by Gasteiger charge is -2.00. The van der Waals surface area contributed by atoms with Gasteiger partial charge in [0.1, 0.15) is 6.07 Å². The lowest BCUT2D eigenvalue weighted by Crippen LogP contribution is -1.96. The predicted molar refractivity (Wildman–Crippen MR) is 102 cm³/mol. The van der Waals surface area contributed by atoms with Crippen molar-refractivity contribution >= 4 is 33.6 Å². The van der Waals surface area contributed by atoms with Crippen LogP contribution in [0.25, 0.3) is 33.6 Å². The van der Waals surface area contributed by atoms with Crippen LogP contribution in [-0.4, -0.2) is 14.1 Å². The number of allylic oxidation sites excluding steroid dienone is 1. The first-order valence-corrected chi connectivity index (χ1v) is 8.34. The Labute approximate surface area is 146 Å². The van der Waals surface area contributed by atoms with Gasteiger partial charge in [0.05, 0.1) is 16.6 Å². The fraction of sp³-hybridized carbons (Fsp3) is 0.143. The number of hydrogen-bond donors (Lipinski definition) is 0. The van der Waals surface area contributed by atoms with Gasteiger partial charge in [0.2, 0.25) is 0 Å². The summed E-state index contributed by atoms with van der Waals surface area (Å²) in [4.78, 5) is 4.65. The largest absolute Gasteiger partial charge is 0.347 e. The monoisotopic (exact) mass is 326 g/mol. The molecule has 0 saturated heterocycles. The van der Waals surface area contributed by atoms with Crippen LogP contribution in [0.15, 0.2) is 54.7 Å². The van der Waals surface area contributed by atoms with E-state index in [0.29, 0.717) is 11.4 Å². The molecule has 0 N–H and O–H groups in total. The molecule has 4 nitrogen and oxygen atoms in total. The molecule has 4 heteroatoms. The molecule has 0 atom stereocenters. The van der Waals surface area contributed by atoms with E-state index < -0.39 is 0 Å². The van der Waals surface area contributed by atoms with Crippen molar-refractivity contribution in [1.29, 1.82) is 5.26 Å². The Morgan fingerprint density at radius 3 is 2.56 bits per heavy atom. The molecule has 0 amide bonds. The molecule has 0 saturated carbocycles. The molecule has 122 valence electrons. The van der Waals surface area contributed by atoms with Crippen molar-refractivity contribution in [2.45, 2.75) is 13.5 Å². The van der Waals surface area contributed by atoms with Gasteiger partial charge in [-0.1, -0.05) is 30.3 Å². The highest BCUT2D eigenvalue weighted by Crippen LogP contribution is 2.27. The van der Waals surface area contributed by atoms with E-state index in [1.165, 1.54) is 5.52 Å². The fourth-order valence-electron chi connectivity index (χ4n) is 3.34. The van der Waals surface area contributed by atoms with E-state index in [9.17, 15) is 5.26 Å². The first-order chi connectivity index (χ1) is 12.2. The Morgan fingerprint density at radius 1 is 1.12 bits per heavy atom. The Hall–Kier alpha value is -3.32. The van der Waals surface area contributed by atoms with Gasteiger partial charge in [-0.2, -0.15) is 5.26 Å². The normalized spacial score (nSPS) is 12.0. The number of para-hydroxylation sites is 3. The van der Waals surface area contributed by atoms with Crippen molar-refractivity contribution in [2.24, 2.45) is 7.05 Å². The van der Waals surface area contributed by atoms with Gasteiger partial charge < -0.3 is 9.13 Å². The van der Waals surface area contributed by atoms with Gasteiger partial charge in [-0.3, -0.25) is 0 Å². The number of imidazole rings is 1. The number of aryl methyl sites for hydroxylation is 2. The van der Waals surface area contributed by atoms with Crippen molar-refractivity contribution < 1.29 is 0 Å². The van der Waals surface area contributed by atoms with Gasteiger partial charge in [-0.25, -0.2) is 4.98 Å². The number of fused-ring (bicyclic) bond motifs is 2. The molecule has 0 spiro atoms. The average molecular weight is 326 g/mol. The second kappa shape index (κ2) is 5.95. The van der Waals surface area contributed by atoms with Crippen LogP contribution in [0.5, 0.6) is 0 Å². The third-order valence-corrected chi connectivity index (χ3v) is 4.61. The second-order valence-electron chi connectivity index (χ2n) is 6.04. The Bertz CT molecular complexity index is 1150. The van der Waals surface area contributed by atoms with Gasteiger partial charge in [-0.05, 0) is 31.2 Å². The second-order valence-corrected chi connectivity index (χ2v) is 6.04. The Balaban J connectivity index is 1.92. The quantitative estimate of drug-likeness (QED) is 0.516. The van der Waals surface area contributed by atoms with E-state index in [4.69, 9.17) is 0 Å². The maximum atomic E-state index is 9.75. The third-order valence-electron chi connectivity index (χ3n) is 4.61. The topological polar surface area (TPSA) is 46.5 Å². The summed E-state index contributed by atoms with van der Waals surface area (Å²) < 4.78 is 4.18. The minimum atomic E-state index is 0.567. The zero-order valence-electron chi connectivity index (χ0n) is 14.3. The first kappa shape index (κ1) is 15.2. The standard InChI is InChI=1S/C21H18N4/c1-3-25-14-16(17-8-4-6-10-19(17)25)12-15(13-22)21-23-18-9-5-7-11-20(18)24(21)2/h4-12,14H,3H2,1-2H3/b15-12-. The Morgan fingerprint density at radius 2 is 1.84 bits per heavy atom. The van der Waals surface area contributed by atoms with Crippen molar-refractivity contribution in [3.8, 4) is 6.07 Å². The number of benzene rings is 2. The van der Waals surface area contributed by atoms with Crippen LogP contribution in [0.1, 0.15) is 18.3 Å². The molecule has 0 bridgehead atoms. The smallest absolute Gasteiger partial charge is 0.151 e. The summed E-state index contributed by atoms with van der Waals surface area (Å²) in [5.74, 6) is 0.692. The molecule has 0 aliphatic carbocycles. The zero-order valence-corrected chi connectivity index (χ0v) is 14.3. The molecular weight excluding hydrogens is 308 g/mol. The molecule has 25 heavy (non-hydrogen) atoms. The number of rotatable bonds is 3. The van der Waals surface area contributed by atoms with Gasteiger partial charge >= 0.3 is 0 Å². The SMILES string of the molecule is CCn1cc(/C=C(/C#N)c2nc3ccccc3n2C)c2ccccc21. The molecule has 4 aromatic rings. The minimum absolute atomic E-state index is 0.567. The highest BCUT2D eigenvalue weighted by molar-refractivity contribution is 5.98.